The van der Waals surface area contributed by atoms with Gasteiger partial charge in [-0.3, -0.25) is 4.79 Å². The Morgan fingerprint density at radius 3 is 2.70 bits per heavy atom. The second-order valence-corrected chi connectivity index (χ2v) is 5.92. The first kappa shape index (κ1) is 14.0. The van der Waals surface area contributed by atoms with Gasteiger partial charge in [0.2, 0.25) is 0 Å². The highest BCUT2D eigenvalue weighted by Crippen LogP contribution is 2.41. The number of nitrogens with one attached hydrogen (secondary N) is 1. The highest BCUT2D eigenvalue weighted by molar-refractivity contribution is 6.10. The van der Waals surface area contributed by atoms with Crippen LogP contribution in [0.5, 0.6) is 0 Å². The standard InChI is InChI=1S/C18H18N4O/c19-11-12-4-8-14(9-5-12)20-18(23)16-15-3-1-2-10-22(15)21-17(16)13-6-7-13/h1-5,8-10,13H,6-7,11,19H2,(H,20,23). The summed E-state index contributed by atoms with van der Waals surface area (Å²) in [7, 11) is 0. The second kappa shape index (κ2) is 5.52. The molecule has 0 aliphatic heterocycles. The van der Waals surface area contributed by atoms with Crippen molar-refractivity contribution in [2.75, 3.05) is 5.32 Å². The van der Waals surface area contributed by atoms with E-state index < -0.39 is 0 Å². The van der Waals surface area contributed by atoms with Crippen molar-refractivity contribution >= 4 is 17.1 Å². The van der Waals surface area contributed by atoms with Gasteiger partial charge < -0.3 is 11.1 Å². The first-order chi connectivity index (χ1) is 11.3. The molecule has 5 nitrogen and oxygen atoms in total. The molecular weight excluding hydrogens is 288 g/mol. The van der Waals surface area contributed by atoms with Gasteiger partial charge in [0.05, 0.1) is 16.8 Å². The highest BCUT2D eigenvalue weighted by atomic mass is 16.1. The summed E-state index contributed by atoms with van der Waals surface area (Å²) in [6.07, 6.45) is 4.10. The van der Waals surface area contributed by atoms with E-state index in [0.29, 0.717) is 18.0 Å². The Bertz CT molecular complexity index is 862. The van der Waals surface area contributed by atoms with Crippen LogP contribution in [0.2, 0.25) is 0 Å². The number of hydrogen-bond acceptors (Lipinski definition) is 3. The van der Waals surface area contributed by atoms with Gasteiger partial charge in [0, 0.05) is 24.3 Å². The largest absolute Gasteiger partial charge is 0.326 e. The molecule has 1 amide bonds. The van der Waals surface area contributed by atoms with Crippen LogP contribution in [0.25, 0.3) is 5.52 Å². The molecule has 2 aromatic heterocycles. The quantitative estimate of drug-likeness (QED) is 0.778. The molecular formula is C18H18N4O. The zero-order valence-electron chi connectivity index (χ0n) is 12.7. The lowest BCUT2D eigenvalue weighted by Crippen LogP contribution is -2.13. The van der Waals surface area contributed by atoms with E-state index in [2.05, 4.69) is 10.4 Å². The summed E-state index contributed by atoms with van der Waals surface area (Å²) in [6, 6.07) is 13.4. The SMILES string of the molecule is NCc1ccc(NC(=O)c2c(C3CC3)nn3ccccc23)cc1. The molecule has 0 atom stereocenters. The summed E-state index contributed by atoms with van der Waals surface area (Å²) < 4.78 is 1.79. The summed E-state index contributed by atoms with van der Waals surface area (Å²) >= 11 is 0. The normalized spacial score (nSPS) is 14.1. The Hall–Kier alpha value is -2.66. The fourth-order valence-electron chi connectivity index (χ4n) is 2.81. The fraction of sp³-hybridized carbons (Fsp3) is 0.222. The number of aromatic nitrogens is 2. The number of nitrogens with two attached hydrogens (primary N) is 1. The van der Waals surface area contributed by atoms with Gasteiger partial charge in [0.25, 0.3) is 5.91 Å². The molecule has 3 N–H and O–H groups in total. The lowest BCUT2D eigenvalue weighted by molar-refractivity contribution is 0.102. The Balaban J connectivity index is 1.69. The third-order valence-electron chi connectivity index (χ3n) is 4.21. The van der Waals surface area contributed by atoms with E-state index in [-0.39, 0.29) is 5.91 Å². The molecule has 116 valence electrons. The monoisotopic (exact) mass is 306 g/mol. The van der Waals surface area contributed by atoms with Gasteiger partial charge in [-0.25, -0.2) is 4.52 Å². The van der Waals surface area contributed by atoms with Crippen molar-refractivity contribution in [3.8, 4) is 0 Å². The summed E-state index contributed by atoms with van der Waals surface area (Å²) in [6.45, 7) is 0.494. The second-order valence-electron chi connectivity index (χ2n) is 5.92. The zero-order valence-corrected chi connectivity index (χ0v) is 12.7. The molecule has 23 heavy (non-hydrogen) atoms. The Morgan fingerprint density at radius 2 is 2.00 bits per heavy atom. The van der Waals surface area contributed by atoms with Crippen molar-refractivity contribution in [3.63, 3.8) is 0 Å². The third kappa shape index (κ3) is 2.59. The van der Waals surface area contributed by atoms with Crippen LogP contribution in [0.4, 0.5) is 5.69 Å². The topological polar surface area (TPSA) is 72.4 Å². The van der Waals surface area contributed by atoms with Crippen LogP contribution in [0, 0.1) is 0 Å². The fourth-order valence-corrected chi connectivity index (χ4v) is 2.81. The number of fused-ring (bicyclic) bond motifs is 1. The first-order valence-corrected chi connectivity index (χ1v) is 7.84. The smallest absolute Gasteiger partial charge is 0.259 e. The van der Waals surface area contributed by atoms with Crippen molar-refractivity contribution in [3.05, 3.63) is 65.5 Å². The summed E-state index contributed by atoms with van der Waals surface area (Å²) in [5, 5.41) is 7.58. The molecule has 1 aromatic carbocycles. The van der Waals surface area contributed by atoms with E-state index >= 15 is 0 Å². The van der Waals surface area contributed by atoms with Crippen molar-refractivity contribution in [1.82, 2.24) is 9.61 Å². The van der Waals surface area contributed by atoms with Crippen molar-refractivity contribution in [1.29, 1.82) is 0 Å². The molecule has 0 saturated heterocycles. The number of carbonyl (C=O) groups is 1. The number of nitrogens with zero attached hydrogens (tertiary/aromatic N) is 2. The van der Waals surface area contributed by atoms with Gasteiger partial charge >= 0.3 is 0 Å². The van der Waals surface area contributed by atoms with Gasteiger partial charge in [-0.2, -0.15) is 5.10 Å². The minimum absolute atomic E-state index is 0.103. The molecule has 0 spiro atoms. The Morgan fingerprint density at radius 1 is 1.22 bits per heavy atom. The minimum atomic E-state index is -0.103. The van der Waals surface area contributed by atoms with Gasteiger partial charge in [-0.1, -0.05) is 18.2 Å². The molecule has 0 radical (unpaired) electrons. The molecule has 1 fully saturated rings. The van der Waals surface area contributed by atoms with Crippen LogP contribution in [0.1, 0.15) is 40.4 Å². The molecule has 3 aromatic rings. The molecule has 4 rings (SSSR count). The van der Waals surface area contributed by atoms with Gasteiger partial charge in [-0.15, -0.1) is 0 Å². The number of amides is 1. The number of anilines is 1. The average molecular weight is 306 g/mol. The summed E-state index contributed by atoms with van der Waals surface area (Å²) in [5.41, 5.74) is 9.86. The lowest BCUT2D eigenvalue weighted by atomic mass is 10.1. The molecule has 2 heterocycles. The van der Waals surface area contributed by atoms with Gasteiger partial charge in [0.15, 0.2) is 0 Å². The Kier molecular flexibility index (Phi) is 3.35. The number of rotatable bonds is 4. The van der Waals surface area contributed by atoms with Crippen molar-refractivity contribution in [2.24, 2.45) is 5.73 Å². The van der Waals surface area contributed by atoms with E-state index in [1.54, 1.807) is 4.52 Å². The predicted molar refractivity (Wildman–Crippen MR) is 89.5 cm³/mol. The van der Waals surface area contributed by atoms with E-state index in [4.69, 9.17) is 5.73 Å². The van der Waals surface area contributed by atoms with Crippen LogP contribution in [0.15, 0.2) is 48.7 Å². The minimum Gasteiger partial charge on any atom is -0.326 e. The lowest BCUT2D eigenvalue weighted by Gasteiger charge is -2.06. The molecule has 1 aliphatic carbocycles. The predicted octanol–water partition coefficient (Wildman–Crippen LogP) is 2.92. The highest BCUT2D eigenvalue weighted by Gasteiger charge is 2.32. The zero-order chi connectivity index (χ0) is 15.8. The first-order valence-electron chi connectivity index (χ1n) is 7.84. The van der Waals surface area contributed by atoms with E-state index in [1.807, 2.05) is 48.7 Å². The third-order valence-corrected chi connectivity index (χ3v) is 4.21. The maximum atomic E-state index is 12.8. The molecule has 0 bridgehead atoms. The van der Waals surface area contributed by atoms with Crippen LogP contribution in [-0.2, 0) is 6.54 Å². The summed E-state index contributed by atoms with van der Waals surface area (Å²) in [4.78, 5) is 12.8. The van der Waals surface area contributed by atoms with Crippen LogP contribution in [0.3, 0.4) is 0 Å². The summed E-state index contributed by atoms with van der Waals surface area (Å²) in [5.74, 6) is 0.309. The van der Waals surface area contributed by atoms with Crippen molar-refractivity contribution < 1.29 is 4.79 Å². The van der Waals surface area contributed by atoms with Gasteiger partial charge in [0.1, 0.15) is 0 Å². The average Bonchev–Trinajstić information content (AvgIpc) is 3.35. The maximum absolute atomic E-state index is 12.8. The number of hydrogen-bond donors (Lipinski definition) is 2. The molecule has 1 saturated carbocycles. The molecule has 1 aliphatic rings. The van der Waals surface area contributed by atoms with Crippen LogP contribution >= 0.6 is 0 Å². The van der Waals surface area contributed by atoms with E-state index in [0.717, 1.165) is 35.3 Å². The molecule has 0 unspecified atom stereocenters. The maximum Gasteiger partial charge on any atom is 0.259 e. The van der Waals surface area contributed by atoms with Gasteiger partial charge in [-0.05, 0) is 42.7 Å². The Labute approximate surface area is 134 Å². The van der Waals surface area contributed by atoms with Crippen molar-refractivity contribution in [2.45, 2.75) is 25.3 Å². The number of benzene rings is 1. The van der Waals surface area contributed by atoms with Crippen LogP contribution in [-0.4, -0.2) is 15.5 Å². The van der Waals surface area contributed by atoms with E-state index in [9.17, 15) is 4.79 Å². The van der Waals surface area contributed by atoms with E-state index in [1.165, 1.54) is 0 Å². The molecule has 5 heteroatoms. The number of pyridine rings is 1. The number of carbonyl (C=O) groups excluding carboxylic acids is 1. The van der Waals surface area contributed by atoms with Crippen LogP contribution < -0.4 is 11.1 Å².